The highest BCUT2D eigenvalue weighted by Crippen LogP contribution is 2.39. The molecule has 5 N–H and O–H groups in total. The van der Waals surface area contributed by atoms with E-state index in [0.717, 1.165) is 29.5 Å². The quantitative estimate of drug-likeness (QED) is 0.203. The van der Waals surface area contributed by atoms with Gasteiger partial charge in [-0.2, -0.15) is 8.78 Å². The van der Waals surface area contributed by atoms with E-state index >= 15 is 0 Å². The molecule has 44 heavy (non-hydrogen) atoms. The summed E-state index contributed by atoms with van der Waals surface area (Å²) in [5.74, 6) is -0.0991. The first-order valence-electron chi connectivity index (χ1n) is 14.3. The Morgan fingerprint density at radius 1 is 0.909 bits per heavy atom. The Hall–Kier alpha value is -3.46. The molecule has 3 heterocycles. The molecule has 238 valence electrons. The van der Waals surface area contributed by atoms with Crippen LogP contribution in [0.4, 0.5) is 8.78 Å². The number of ether oxygens (including phenoxy) is 4. The molecule has 3 aromatic rings. The lowest BCUT2D eigenvalue weighted by atomic mass is 9.86. The number of aromatic nitrogens is 2. The molecule has 0 amide bonds. The number of aliphatic hydroxyl groups excluding tert-OH is 4. The van der Waals surface area contributed by atoms with Gasteiger partial charge in [-0.3, -0.25) is 4.98 Å². The maximum atomic E-state index is 13.1. The number of benzene rings is 1. The number of rotatable bonds is 12. The van der Waals surface area contributed by atoms with Crippen LogP contribution in [0.15, 0.2) is 54.9 Å². The van der Waals surface area contributed by atoms with Crippen LogP contribution >= 0.6 is 0 Å². The van der Waals surface area contributed by atoms with Gasteiger partial charge in [0.25, 0.3) is 0 Å². The molecular weight excluding hydrogens is 582 g/mol. The van der Waals surface area contributed by atoms with Crippen LogP contribution in [0.2, 0.25) is 0 Å². The second-order valence-corrected chi connectivity index (χ2v) is 11.5. The molecule has 2 fully saturated rings. The average Bonchev–Trinajstić information content (AvgIpc) is 3.81. The zero-order chi connectivity index (χ0) is 31.6. The average molecular weight is 619 g/mol. The third kappa shape index (κ3) is 7.60. The minimum Gasteiger partial charge on any atom is -0.487 e. The summed E-state index contributed by atoms with van der Waals surface area (Å²) in [5, 5.41) is 50.1. The van der Waals surface area contributed by atoms with Crippen molar-refractivity contribution >= 4 is 0 Å². The summed E-state index contributed by atoms with van der Waals surface area (Å²) in [6, 6.07) is 11.7. The van der Waals surface area contributed by atoms with E-state index in [1.54, 1.807) is 56.6 Å². The number of pyridine rings is 2. The van der Waals surface area contributed by atoms with Crippen molar-refractivity contribution in [1.29, 1.82) is 0 Å². The van der Waals surface area contributed by atoms with Gasteiger partial charge < -0.3 is 44.5 Å². The molecule has 1 saturated carbocycles. The van der Waals surface area contributed by atoms with Crippen molar-refractivity contribution < 1.29 is 53.3 Å². The van der Waals surface area contributed by atoms with E-state index in [9.17, 15) is 34.3 Å². The van der Waals surface area contributed by atoms with E-state index in [1.165, 1.54) is 6.07 Å². The smallest absolute Gasteiger partial charge is 0.387 e. The van der Waals surface area contributed by atoms with Crippen molar-refractivity contribution in [2.75, 3.05) is 6.61 Å². The highest BCUT2D eigenvalue weighted by atomic mass is 19.3. The molecule has 2 aromatic heterocycles. The molecule has 11 nitrogen and oxygen atoms in total. The number of halogens is 2. The minimum absolute atomic E-state index is 0.0544. The van der Waals surface area contributed by atoms with Gasteiger partial charge in [0.1, 0.15) is 30.0 Å². The van der Waals surface area contributed by atoms with Gasteiger partial charge in [-0.15, -0.1) is 0 Å². The summed E-state index contributed by atoms with van der Waals surface area (Å²) in [4.78, 5) is 8.76. The van der Waals surface area contributed by atoms with E-state index < -0.39 is 49.5 Å². The number of hydrogen-bond donors (Lipinski definition) is 5. The highest BCUT2D eigenvalue weighted by Gasteiger charge is 2.44. The van der Waals surface area contributed by atoms with Crippen molar-refractivity contribution in [2.24, 2.45) is 0 Å². The van der Waals surface area contributed by atoms with Crippen LogP contribution in [0.1, 0.15) is 55.0 Å². The standard InChI is InChI=1S/C31H36F2N2O9/c1-31(2,40)24-9-5-18(14-34-24)20(17-4-8-21(43-30(32)33)22(12-17)41-19-6-7-19)11-16-3-10-25(35-13-16)44-29-28(39)27(38)26(37)23(15-36)42-29/h3-5,8-10,12-14,19-20,23,26-30,36-40H,6-7,11,15H2,1-2H3/t20-,23+,26+,27-,28-,29+/m0/s1. The molecule has 0 radical (unpaired) electrons. The van der Waals surface area contributed by atoms with Gasteiger partial charge in [-0.05, 0) is 68.0 Å². The van der Waals surface area contributed by atoms with Gasteiger partial charge in [-0.25, -0.2) is 4.98 Å². The number of aliphatic hydroxyl groups is 5. The summed E-state index contributed by atoms with van der Waals surface area (Å²) in [6.07, 6.45) is -1.98. The van der Waals surface area contributed by atoms with Gasteiger partial charge in [0.2, 0.25) is 12.2 Å². The lowest BCUT2D eigenvalue weighted by Crippen LogP contribution is -2.60. The fraction of sp³-hybridized carbons (Fsp3) is 0.484. The topological polar surface area (TPSA) is 164 Å². The van der Waals surface area contributed by atoms with Gasteiger partial charge in [0.15, 0.2) is 11.5 Å². The lowest BCUT2D eigenvalue weighted by molar-refractivity contribution is -0.278. The first-order valence-corrected chi connectivity index (χ1v) is 14.3. The van der Waals surface area contributed by atoms with Gasteiger partial charge in [-0.1, -0.05) is 18.2 Å². The van der Waals surface area contributed by atoms with E-state index in [2.05, 4.69) is 9.97 Å². The largest absolute Gasteiger partial charge is 0.487 e. The molecular formula is C31H36F2N2O9. The number of nitrogens with zero attached hydrogens (tertiary/aromatic N) is 2. The molecule has 13 heteroatoms. The molecule has 2 aliphatic rings. The molecule has 1 aliphatic carbocycles. The Kier molecular flexibility index (Phi) is 9.63. The second-order valence-electron chi connectivity index (χ2n) is 11.5. The minimum atomic E-state index is -3.01. The third-order valence-corrected chi connectivity index (χ3v) is 7.54. The lowest BCUT2D eigenvalue weighted by Gasteiger charge is -2.39. The first-order chi connectivity index (χ1) is 20.9. The maximum absolute atomic E-state index is 13.1. The fourth-order valence-corrected chi connectivity index (χ4v) is 4.91. The predicted octanol–water partition coefficient (Wildman–Crippen LogP) is 2.40. The zero-order valence-electron chi connectivity index (χ0n) is 24.2. The molecule has 0 bridgehead atoms. The maximum Gasteiger partial charge on any atom is 0.387 e. The van der Waals surface area contributed by atoms with Gasteiger partial charge >= 0.3 is 6.61 Å². The van der Waals surface area contributed by atoms with Crippen LogP contribution in [0.3, 0.4) is 0 Å². The Bertz CT molecular complexity index is 1380. The summed E-state index contributed by atoms with van der Waals surface area (Å²) in [7, 11) is 0. The monoisotopic (exact) mass is 618 g/mol. The molecule has 0 unspecified atom stereocenters. The molecule has 0 spiro atoms. The first kappa shape index (κ1) is 31.9. The van der Waals surface area contributed by atoms with Crippen LogP contribution in [0, 0.1) is 0 Å². The molecule has 6 atom stereocenters. The fourth-order valence-electron chi connectivity index (χ4n) is 4.91. The van der Waals surface area contributed by atoms with Crippen LogP contribution in [0.25, 0.3) is 0 Å². The van der Waals surface area contributed by atoms with Crippen molar-refractivity contribution in [2.45, 2.75) is 88.1 Å². The Balaban J connectivity index is 1.40. The van der Waals surface area contributed by atoms with Gasteiger partial charge in [0, 0.05) is 24.4 Å². The van der Waals surface area contributed by atoms with Crippen LogP contribution in [0.5, 0.6) is 17.4 Å². The summed E-state index contributed by atoms with van der Waals surface area (Å²) in [6.45, 7) is -0.330. The van der Waals surface area contributed by atoms with E-state index in [0.29, 0.717) is 12.1 Å². The van der Waals surface area contributed by atoms with E-state index in [4.69, 9.17) is 18.9 Å². The van der Waals surface area contributed by atoms with Crippen molar-refractivity contribution in [3.63, 3.8) is 0 Å². The third-order valence-electron chi connectivity index (χ3n) is 7.54. The van der Waals surface area contributed by atoms with E-state index in [-0.39, 0.29) is 29.4 Å². The number of hydrogen-bond acceptors (Lipinski definition) is 11. The predicted molar refractivity (Wildman–Crippen MR) is 150 cm³/mol. The summed E-state index contributed by atoms with van der Waals surface area (Å²) < 4.78 is 47.8. The van der Waals surface area contributed by atoms with Gasteiger partial charge in [0.05, 0.1) is 18.4 Å². The summed E-state index contributed by atoms with van der Waals surface area (Å²) in [5.41, 5.74) is 1.64. The van der Waals surface area contributed by atoms with Crippen LogP contribution in [-0.4, -0.2) is 85.5 Å². The normalized spacial score (nSPS) is 24.6. The highest BCUT2D eigenvalue weighted by molar-refractivity contribution is 5.47. The van der Waals surface area contributed by atoms with Crippen molar-refractivity contribution in [3.05, 3.63) is 77.2 Å². The Labute approximate surface area is 252 Å². The summed E-state index contributed by atoms with van der Waals surface area (Å²) >= 11 is 0. The van der Waals surface area contributed by atoms with E-state index in [1.807, 2.05) is 6.07 Å². The molecule has 5 rings (SSSR count). The van der Waals surface area contributed by atoms with Crippen LogP contribution in [-0.2, 0) is 16.8 Å². The SMILES string of the molecule is CC(C)(O)c1ccc([C@@H](Cc2ccc(O[C@H]3O[C@H](CO)[C@@H](O)[C@H](O)[C@@H]3O)nc2)c2ccc(OC(F)F)c(OC3CC3)c2)cn1. The number of alkyl halides is 2. The van der Waals surface area contributed by atoms with Crippen molar-refractivity contribution in [1.82, 2.24) is 9.97 Å². The Morgan fingerprint density at radius 2 is 1.66 bits per heavy atom. The second kappa shape index (κ2) is 13.3. The molecule has 1 aliphatic heterocycles. The van der Waals surface area contributed by atoms with Crippen LogP contribution < -0.4 is 14.2 Å². The van der Waals surface area contributed by atoms with Crippen molar-refractivity contribution in [3.8, 4) is 17.4 Å². The molecule has 1 aromatic carbocycles. The molecule has 1 saturated heterocycles. The zero-order valence-corrected chi connectivity index (χ0v) is 24.2. The Morgan fingerprint density at radius 3 is 2.25 bits per heavy atom.